The van der Waals surface area contributed by atoms with Crippen molar-refractivity contribution in [2.75, 3.05) is 0 Å². The van der Waals surface area contributed by atoms with E-state index in [-0.39, 0.29) is 0 Å². The zero-order chi connectivity index (χ0) is 6.97. The largest absolute Gasteiger partial charge is 0.143 e. The predicted molar refractivity (Wildman–Crippen MR) is 46.4 cm³/mol. The van der Waals surface area contributed by atoms with Gasteiger partial charge in [-0.1, -0.05) is 18.2 Å². The summed E-state index contributed by atoms with van der Waals surface area (Å²) in [5.41, 5.74) is 2.74. The Labute approximate surface area is 66.0 Å². The lowest BCUT2D eigenvalue weighted by molar-refractivity contribution is 1.28. The van der Waals surface area contributed by atoms with E-state index in [2.05, 4.69) is 36.9 Å². The van der Waals surface area contributed by atoms with E-state index < -0.39 is 0 Å². The molecule has 0 nitrogen and oxygen atoms in total. The highest BCUT2D eigenvalue weighted by Crippen LogP contribution is 2.21. The lowest BCUT2D eigenvalue weighted by Crippen LogP contribution is -1.79. The second-order valence-electron chi connectivity index (χ2n) is 2.49. The van der Waals surface area contributed by atoms with Crippen molar-refractivity contribution >= 4 is 18.7 Å². The van der Waals surface area contributed by atoms with Crippen LogP contribution in [0.2, 0.25) is 0 Å². The van der Waals surface area contributed by atoms with Crippen LogP contribution >= 0.6 is 12.6 Å². The van der Waals surface area contributed by atoms with Crippen molar-refractivity contribution in [3.8, 4) is 0 Å². The quantitative estimate of drug-likeness (QED) is 0.537. The lowest BCUT2D eigenvalue weighted by Gasteiger charge is -1.97. The minimum atomic E-state index is 1.05. The second kappa shape index (κ2) is 2.17. The first kappa shape index (κ1) is 6.05. The molecule has 2 rings (SSSR count). The van der Waals surface area contributed by atoms with Crippen LogP contribution in [0.4, 0.5) is 0 Å². The predicted octanol–water partition coefficient (Wildman–Crippen LogP) is 2.54. The van der Waals surface area contributed by atoms with Crippen molar-refractivity contribution < 1.29 is 0 Å². The average molecular weight is 148 g/mol. The van der Waals surface area contributed by atoms with E-state index in [4.69, 9.17) is 0 Å². The Kier molecular flexibility index (Phi) is 1.31. The zero-order valence-electron chi connectivity index (χ0n) is 5.54. The summed E-state index contributed by atoms with van der Waals surface area (Å²) in [5.74, 6) is 0. The van der Waals surface area contributed by atoms with E-state index in [0.29, 0.717) is 0 Å². The Morgan fingerprint density at radius 1 is 1.30 bits per heavy atom. The molecule has 0 spiro atoms. The normalized spacial score (nSPS) is 13.7. The van der Waals surface area contributed by atoms with Gasteiger partial charge in [0.2, 0.25) is 0 Å². The van der Waals surface area contributed by atoms with Gasteiger partial charge in [0, 0.05) is 4.90 Å². The second-order valence-corrected chi connectivity index (χ2v) is 3.01. The summed E-state index contributed by atoms with van der Waals surface area (Å²) in [4.78, 5) is 1.05. The van der Waals surface area contributed by atoms with Crippen molar-refractivity contribution in [2.45, 2.75) is 11.3 Å². The van der Waals surface area contributed by atoms with Crippen LogP contribution in [-0.4, -0.2) is 0 Å². The summed E-state index contributed by atoms with van der Waals surface area (Å²) >= 11 is 4.25. The van der Waals surface area contributed by atoms with E-state index in [1.807, 2.05) is 6.07 Å². The smallest absolute Gasteiger partial charge is 0.00461 e. The minimum absolute atomic E-state index is 1.05. The van der Waals surface area contributed by atoms with Crippen LogP contribution < -0.4 is 0 Å². The number of fused-ring (bicyclic) bond motifs is 1. The molecule has 0 radical (unpaired) electrons. The van der Waals surface area contributed by atoms with Gasteiger partial charge in [-0.05, 0) is 29.7 Å². The number of thiol groups is 1. The highest BCUT2D eigenvalue weighted by molar-refractivity contribution is 7.80. The molecule has 0 aromatic heterocycles. The Balaban J connectivity index is 2.60. The molecule has 1 aromatic carbocycles. The van der Waals surface area contributed by atoms with E-state index >= 15 is 0 Å². The standard InChI is InChI=1S/C9H8S/c10-9-5-4-7-2-1-3-8(7)6-9/h1,3-6,10H,2H2. The summed E-state index contributed by atoms with van der Waals surface area (Å²) in [6.07, 6.45) is 5.41. The maximum atomic E-state index is 4.25. The van der Waals surface area contributed by atoms with Crippen molar-refractivity contribution in [3.05, 3.63) is 35.4 Å². The highest BCUT2D eigenvalue weighted by Gasteiger charge is 2.02. The van der Waals surface area contributed by atoms with Crippen molar-refractivity contribution in [1.82, 2.24) is 0 Å². The first-order chi connectivity index (χ1) is 4.86. The number of allylic oxidation sites excluding steroid dienone is 1. The zero-order valence-corrected chi connectivity index (χ0v) is 6.44. The SMILES string of the molecule is Sc1ccc2c(c1)C=CC2. The lowest BCUT2D eigenvalue weighted by atomic mass is 10.1. The summed E-state index contributed by atoms with van der Waals surface area (Å²) in [6.45, 7) is 0. The van der Waals surface area contributed by atoms with E-state index in [1.165, 1.54) is 11.1 Å². The molecule has 1 aliphatic carbocycles. The van der Waals surface area contributed by atoms with Crippen molar-refractivity contribution in [3.63, 3.8) is 0 Å². The summed E-state index contributed by atoms with van der Waals surface area (Å²) in [5, 5.41) is 0. The summed E-state index contributed by atoms with van der Waals surface area (Å²) in [7, 11) is 0. The van der Waals surface area contributed by atoms with Gasteiger partial charge in [-0.15, -0.1) is 12.6 Å². The van der Waals surface area contributed by atoms with Crippen LogP contribution in [0.5, 0.6) is 0 Å². The highest BCUT2D eigenvalue weighted by atomic mass is 32.1. The maximum Gasteiger partial charge on any atom is 0.00461 e. The maximum absolute atomic E-state index is 4.25. The molecule has 0 aliphatic heterocycles. The Morgan fingerprint density at radius 2 is 2.20 bits per heavy atom. The molecule has 0 unspecified atom stereocenters. The third-order valence-electron chi connectivity index (χ3n) is 1.76. The molecule has 0 N–H and O–H groups in total. The van der Waals surface area contributed by atoms with Crippen LogP contribution in [-0.2, 0) is 6.42 Å². The van der Waals surface area contributed by atoms with E-state index in [9.17, 15) is 0 Å². The van der Waals surface area contributed by atoms with Gasteiger partial charge in [0.05, 0.1) is 0 Å². The van der Waals surface area contributed by atoms with Gasteiger partial charge >= 0.3 is 0 Å². The summed E-state index contributed by atoms with van der Waals surface area (Å²) in [6, 6.07) is 6.27. The van der Waals surface area contributed by atoms with Gasteiger partial charge in [-0.25, -0.2) is 0 Å². The molecule has 0 heterocycles. The third-order valence-corrected chi connectivity index (χ3v) is 2.04. The molecular weight excluding hydrogens is 140 g/mol. The Hall–Kier alpha value is -0.690. The van der Waals surface area contributed by atoms with E-state index in [1.54, 1.807) is 0 Å². The van der Waals surface area contributed by atoms with Gasteiger partial charge in [0.1, 0.15) is 0 Å². The monoisotopic (exact) mass is 148 g/mol. The fraction of sp³-hybridized carbons (Fsp3) is 0.111. The van der Waals surface area contributed by atoms with Gasteiger partial charge < -0.3 is 0 Å². The molecule has 1 aromatic rings. The molecule has 1 heteroatoms. The Morgan fingerprint density at radius 3 is 3.10 bits per heavy atom. The fourth-order valence-electron chi connectivity index (χ4n) is 1.24. The van der Waals surface area contributed by atoms with Gasteiger partial charge in [-0.3, -0.25) is 0 Å². The molecule has 50 valence electrons. The van der Waals surface area contributed by atoms with Crippen LogP contribution in [0.1, 0.15) is 11.1 Å². The van der Waals surface area contributed by atoms with Crippen LogP contribution in [0.3, 0.4) is 0 Å². The van der Waals surface area contributed by atoms with Crippen LogP contribution in [0, 0.1) is 0 Å². The molecule has 0 fully saturated rings. The van der Waals surface area contributed by atoms with Gasteiger partial charge in [0.15, 0.2) is 0 Å². The first-order valence-electron chi connectivity index (χ1n) is 3.35. The number of hydrogen-bond acceptors (Lipinski definition) is 1. The Bertz CT molecular complexity index is 287. The molecular formula is C9H8S. The molecule has 0 saturated heterocycles. The molecule has 0 amide bonds. The average Bonchev–Trinajstić information content (AvgIpc) is 2.33. The topological polar surface area (TPSA) is 0 Å². The fourth-order valence-corrected chi connectivity index (χ4v) is 1.45. The molecule has 1 aliphatic rings. The first-order valence-corrected chi connectivity index (χ1v) is 3.79. The van der Waals surface area contributed by atoms with Gasteiger partial charge in [0.25, 0.3) is 0 Å². The number of benzene rings is 1. The molecule has 0 saturated carbocycles. The van der Waals surface area contributed by atoms with E-state index in [0.717, 1.165) is 11.3 Å². The van der Waals surface area contributed by atoms with Crippen LogP contribution in [0.15, 0.2) is 29.2 Å². The molecule has 10 heavy (non-hydrogen) atoms. The molecule has 0 atom stereocenters. The number of hydrogen-bond donors (Lipinski definition) is 1. The third kappa shape index (κ3) is 0.868. The van der Waals surface area contributed by atoms with Crippen molar-refractivity contribution in [2.24, 2.45) is 0 Å². The van der Waals surface area contributed by atoms with Crippen LogP contribution in [0.25, 0.3) is 6.08 Å². The number of rotatable bonds is 0. The molecule has 0 bridgehead atoms. The minimum Gasteiger partial charge on any atom is -0.143 e. The van der Waals surface area contributed by atoms with Gasteiger partial charge in [-0.2, -0.15) is 0 Å². The summed E-state index contributed by atoms with van der Waals surface area (Å²) < 4.78 is 0. The van der Waals surface area contributed by atoms with Crippen molar-refractivity contribution in [1.29, 1.82) is 0 Å².